The van der Waals surface area contributed by atoms with Crippen LogP contribution >= 0.6 is 0 Å². The molecule has 0 aliphatic carbocycles. The predicted octanol–water partition coefficient (Wildman–Crippen LogP) is 1.35. The van der Waals surface area contributed by atoms with E-state index >= 15 is 0 Å². The smallest absolute Gasteiger partial charge is 0.294 e. The van der Waals surface area contributed by atoms with Gasteiger partial charge in [-0.3, -0.25) is 5.43 Å². The minimum Gasteiger partial charge on any atom is -0.294 e. The molecule has 1 aliphatic rings. The summed E-state index contributed by atoms with van der Waals surface area (Å²) < 4.78 is 79.2. The molecule has 0 radical (unpaired) electrons. The van der Waals surface area contributed by atoms with Gasteiger partial charge >= 0.3 is 6.18 Å². The molecule has 1 N–H and O–H groups in total. The van der Waals surface area contributed by atoms with E-state index in [1.54, 1.807) is 0 Å². The molecule has 0 fully saturated rings. The van der Waals surface area contributed by atoms with E-state index in [9.17, 15) is 30.0 Å². The SMILES string of the molecule is C=CS(=O)(=O)C=C.CC1(C(F)(F)F)CC(S(C)(=O)=O)=NN1. The fourth-order valence-electron chi connectivity index (χ4n) is 1.01. The number of alkyl halides is 3. The van der Waals surface area contributed by atoms with Gasteiger partial charge in [-0.1, -0.05) is 13.2 Å². The summed E-state index contributed by atoms with van der Waals surface area (Å²) in [6, 6.07) is 0. The summed E-state index contributed by atoms with van der Waals surface area (Å²) in [5.41, 5.74) is -0.459. The maximum atomic E-state index is 12.4. The van der Waals surface area contributed by atoms with E-state index in [4.69, 9.17) is 0 Å². The van der Waals surface area contributed by atoms with Gasteiger partial charge in [0, 0.05) is 23.5 Å². The first-order valence-corrected chi connectivity index (χ1v) is 8.79. The predicted molar refractivity (Wildman–Crippen MR) is 73.8 cm³/mol. The van der Waals surface area contributed by atoms with Gasteiger partial charge in [0.05, 0.1) is 0 Å². The second kappa shape index (κ2) is 6.18. The molecule has 1 rings (SSSR count). The van der Waals surface area contributed by atoms with Crippen molar-refractivity contribution in [2.24, 2.45) is 5.10 Å². The first-order valence-electron chi connectivity index (χ1n) is 5.29. The molecule has 0 spiro atoms. The molecule has 0 aromatic heterocycles. The minimum absolute atomic E-state index is 0.461. The average Bonchev–Trinajstić information content (AvgIpc) is 2.73. The Kier molecular flexibility index (Phi) is 5.78. The Labute approximate surface area is 121 Å². The van der Waals surface area contributed by atoms with Gasteiger partial charge in [-0.05, 0) is 6.92 Å². The molecule has 21 heavy (non-hydrogen) atoms. The van der Waals surface area contributed by atoms with Crippen molar-refractivity contribution in [1.82, 2.24) is 5.43 Å². The quantitative estimate of drug-likeness (QED) is 0.813. The van der Waals surface area contributed by atoms with E-state index in [1.165, 1.54) is 0 Å². The third kappa shape index (κ3) is 5.50. The molecule has 122 valence electrons. The van der Waals surface area contributed by atoms with Crippen molar-refractivity contribution in [3.63, 3.8) is 0 Å². The number of hydrazone groups is 1. The Hall–Kier alpha value is -1.36. The topological polar surface area (TPSA) is 92.7 Å². The van der Waals surface area contributed by atoms with E-state index in [0.717, 1.165) is 24.0 Å². The van der Waals surface area contributed by atoms with E-state index in [-0.39, 0.29) is 0 Å². The highest BCUT2D eigenvalue weighted by Crippen LogP contribution is 2.36. The van der Waals surface area contributed by atoms with Crippen LogP contribution in [0.25, 0.3) is 0 Å². The van der Waals surface area contributed by atoms with Crippen molar-refractivity contribution in [3.8, 4) is 0 Å². The molecule has 6 nitrogen and oxygen atoms in total. The van der Waals surface area contributed by atoms with Crippen LogP contribution < -0.4 is 5.43 Å². The lowest BCUT2D eigenvalue weighted by Gasteiger charge is -2.26. The third-order valence-electron chi connectivity index (χ3n) is 2.45. The number of nitrogens with zero attached hydrogens (tertiary/aromatic N) is 1. The maximum absolute atomic E-state index is 12.4. The van der Waals surface area contributed by atoms with Crippen LogP contribution in [0.4, 0.5) is 13.2 Å². The molecule has 11 heteroatoms. The molecule has 0 aromatic rings. The Morgan fingerprint density at radius 3 is 1.81 bits per heavy atom. The van der Waals surface area contributed by atoms with Gasteiger partial charge in [-0.2, -0.15) is 18.3 Å². The third-order valence-corrected chi connectivity index (χ3v) is 4.47. The summed E-state index contributed by atoms with van der Waals surface area (Å²) in [6.07, 6.45) is -4.35. The van der Waals surface area contributed by atoms with Crippen LogP contribution in [0.2, 0.25) is 0 Å². The van der Waals surface area contributed by atoms with E-state index < -0.39 is 42.9 Å². The number of rotatable bonds is 2. The van der Waals surface area contributed by atoms with Gasteiger partial charge in [0.1, 0.15) is 0 Å². The Morgan fingerprint density at radius 1 is 1.24 bits per heavy atom. The van der Waals surface area contributed by atoms with Crippen molar-refractivity contribution in [2.75, 3.05) is 6.26 Å². The van der Waals surface area contributed by atoms with Crippen molar-refractivity contribution >= 4 is 24.7 Å². The molecule has 1 atom stereocenters. The molecule has 0 saturated heterocycles. The lowest BCUT2D eigenvalue weighted by Crippen LogP contribution is -2.50. The molecule has 1 heterocycles. The maximum Gasteiger partial charge on any atom is 0.413 e. The molecule has 1 aliphatic heterocycles. The number of hydrogen-bond donors (Lipinski definition) is 1. The lowest BCUT2D eigenvalue weighted by molar-refractivity contribution is -0.186. The lowest BCUT2D eigenvalue weighted by atomic mass is 10.0. The summed E-state index contributed by atoms with van der Waals surface area (Å²) in [5.74, 6) is 0. The molecule has 0 aromatic carbocycles. The van der Waals surface area contributed by atoms with Gasteiger partial charge in [-0.15, -0.1) is 0 Å². The van der Waals surface area contributed by atoms with Crippen LogP contribution in [-0.4, -0.2) is 39.9 Å². The van der Waals surface area contributed by atoms with E-state index in [1.807, 2.05) is 5.43 Å². The van der Waals surface area contributed by atoms with Crippen LogP contribution in [0.3, 0.4) is 0 Å². The van der Waals surface area contributed by atoms with Crippen molar-refractivity contribution in [2.45, 2.75) is 25.1 Å². The molecule has 0 bridgehead atoms. The summed E-state index contributed by atoms with van der Waals surface area (Å²) in [5, 5.41) is 4.42. The van der Waals surface area contributed by atoms with Gasteiger partial charge in [0.15, 0.2) is 30.3 Å². The van der Waals surface area contributed by atoms with Gasteiger partial charge in [0.25, 0.3) is 0 Å². The first kappa shape index (κ1) is 19.6. The Balaban J connectivity index is 0.000000486. The van der Waals surface area contributed by atoms with Crippen LogP contribution in [0, 0.1) is 0 Å². The highest BCUT2D eigenvalue weighted by molar-refractivity contribution is 8.05. The zero-order chi connectivity index (χ0) is 17.1. The van der Waals surface area contributed by atoms with Crippen molar-refractivity contribution in [1.29, 1.82) is 0 Å². The van der Waals surface area contributed by atoms with Crippen molar-refractivity contribution in [3.05, 3.63) is 24.0 Å². The normalized spacial score (nSPS) is 22.4. The van der Waals surface area contributed by atoms with Crippen LogP contribution in [-0.2, 0) is 19.7 Å². The zero-order valence-electron chi connectivity index (χ0n) is 11.3. The first-order chi connectivity index (χ1) is 9.18. The zero-order valence-corrected chi connectivity index (χ0v) is 12.9. The summed E-state index contributed by atoms with van der Waals surface area (Å²) >= 11 is 0. The highest BCUT2D eigenvalue weighted by Gasteiger charge is 2.55. The average molecular weight is 348 g/mol. The fourth-order valence-corrected chi connectivity index (χ4v) is 1.91. The van der Waals surface area contributed by atoms with Gasteiger partial charge < -0.3 is 0 Å². The van der Waals surface area contributed by atoms with Crippen LogP contribution in [0.15, 0.2) is 29.1 Å². The summed E-state index contributed by atoms with van der Waals surface area (Å²) in [7, 11) is -6.78. The monoisotopic (exact) mass is 348 g/mol. The minimum atomic E-state index is -4.52. The second-order valence-corrected chi connectivity index (χ2v) is 8.18. The molecular formula is C10H15F3N2O4S2. The number of halogens is 3. The van der Waals surface area contributed by atoms with Gasteiger partial charge in [-0.25, -0.2) is 16.8 Å². The molecule has 1 unspecified atom stereocenters. The Bertz CT molecular complexity index is 636. The van der Waals surface area contributed by atoms with Crippen LogP contribution in [0.1, 0.15) is 13.3 Å². The standard InChI is InChI=1S/C6H9F3N2O2S.C4H6O2S/c1-5(6(7,8)9)3-4(10-11-5)14(2,12)13;1-3-7(5,6)4-2/h11H,3H2,1-2H3;3-4H,1-2H2. The van der Waals surface area contributed by atoms with E-state index in [2.05, 4.69) is 18.3 Å². The Morgan fingerprint density at radius 2 is 1.67 bits per heavy atom. The summed E-state index contributed by atoms with van der Waals surface area (Å²) in [4.78, 5) is 0. The number of sulfone groups is 2. The highest BCUT2D eigenvalue weighted by atomic mass is 32.2. The fraction of sp³-hybridized carbons (Fsp3) is 0.500. The largest absolute Gasteiger partial charge is 0.413 e. The van der Waals surface area contributed by atoms with Gasteiger partial charge in [0.2, 0.25) is 0 Å². The van der Waals surface area contributed by atoms with Crippen molar-refractivity contribution < 1.29 is 30.0 Å². The molecule has 0 amide bonds. The number of nitrogens with one attached hydrogen (secondary N) is 1. The second-order valence-electron chi connectivity index (χ2n) is 4.32. The molecular weight excluding hydrogens is 333 g/mol. The number of hydrogen-bond acceptors (Lipinski definition) is 6. The summed E-state index contributed by atoms with van der Waals surface area (Å²) in [6.45, 7) is 6.96. The van der Waals surface area contributed by atoms with E-state index in [0.29, 0.717) is 0 Å². The van der Waals surface area contributed by atoms with Crippen LogP contribution in [0.5, 0.6) is 0 Å². The molecule has 0 saturated carbocycles.